The summed E-state index contributed by atoms with van der Waals surface area (Å²) in [5.41, 5.74) is 3.75. The number of rotatable bonds is 3. The number of hydrogen-bond donors (Lipinski definition) is 0. The summed E-state index contributed by atoms with van der Waals surface area (Å²) in [6.45, 7) is 9.12. The molecule has 0 spiro atoms. The molecule has 0 aliphatic carbocycles. The van der Waals surface area contributed by atoms with Gasteiger partial charge in [0.2, 0.25) is 5.88 Å². The van der Waals surface area contributed by atoms with Crippen LogP contribution in [-0.4, -0.2) is 11.6 Å². The van der Waals surface area contributed by atoms with Crippen molar-refractivity contribution in [3.05, 3.63) is 22.1 Å². The van der Waals surface area contributed by atoms with Gasteiger partial charge in [0.15, 0.2) is 0 Å². The predicted octanol–water partition coefficient (Wildman–Crippen LogP) is 3.87. The van der Waals surface area contributed by atoms with E-state index in [0.717, 1.165) is 17.8 Å². The predicted molar refractivity (Wildman–Crippen MR) is 69.6 cm³/mol. The molecule has 0 bridgehead atoms. The van der Waals surface area contributed by atoms with Crippen LogP contribution in [0.1, 0.15) is 29.9 Å². The first-order chi connectivity index (χ1) is 7.67. The maximum atomic E-state index is 5.51. The van der Waals surface area contributed by atoms with Crippen molar-refractivity contribution in [1.82, 2.24) is 4.98 Å². The van der Waals surface area contributed by atoms with E-state index < -0.39 is 0 Å². The molecule has 0 saturated carbocycles. The summed E-state index contributed by atoms with van der Waals surface area (Å²) in [5, 5.41) is 0. The van der Waals surface area contributed by atoms with Gasteiger partial charge in [-0.3, -0.25) is 0 Å². The minimum atomic E-state index is 0.670. The normalized spacial score (nSPS) is 11.0. The fourth-order valence-electron chi connectivity index (χ4n) is 1.81. The van der Waals surface area contributed by atoms with Crippen molar-refractivity contribution >= 4 is 21.6 Å². The highest BCUT2D eigenvalue weighted by atomic mass is 32.1. The van der Waals surface area contributed by atoms with Gasteiger partial charge in [0, 0.05) is 10.9 Å². The van der Waals surface area contributed by atoms with Crippen molar-refractivity contribution in [3.63, 3.8) is 0 Å². The van der Waals surface area contributed by atoms with Gasteiger partial charge in [0.25, 0.3) is 0 Å². The Bertz CT molecular complexity index is 516. The van der Waals surface area contributed by atoms with E-state index in [1.54, 1.807) is 0 Å². The van der Waals surface area contributed by atoms with Gasteiger partial charge >= 0.3 is 0 Å². The van der Waals surface area contributed by atoms with E-state index in [-0.39, 0.29) is 0 Å². The largest absolute Gasteiger partial charge is 0.478 e. The van der Waals surface area contributed by atoms with Gasteiger partial charge in [-0.25, -0.2) is 4.98 Å². The van der Waals surface area contributed by atoms with Crippen LogP contribution < -0.4 is 4.74 Å². The van der Waals surface area contributed by atoms with Crippen molar-refractivity contribution in [2.45, 2.75) is 34.1 Å². The molecule has 86 valence electrons. The quantitative estimate of drug-likeness (QED) is 0.805. The van der Waals surface area contributed by atoms with E-state index in [1.807, 2.05) is 18.3 Å². The number of nitrogens with zero attached hydrogens (tertiary/aromatic N) is 1. The van der Waals surface area contributed by atoms with Crippen molar-refractivity contribution in [3.8, 4) is 5.88 Å². The summed E-state index contributed by atoms with van der Waals surface area (Å²) in [6.07, 6.45) is 1.03. The van der Waals surface area contributed by atoms with E-state index in [2.05, 4.69) is 31.8 Å². The Morgan fingerprint density at radius 3 is 2.69 bits per heavy atom. The molecule has 2 heterocycles. The van der Waals surface area contributed by atoms with Crippen LogP contribution in [0.2, 0.25) is 0 Å². The lowest BCUT2D eigenvalue weighted by molar-refractivity contribution is 0.328. The molecule has 2 aromatic rings. The minimum absolute atomic E-state index is 0.670. The molecular formula is C13H17NOS. The average molecular weight is 235 g/mol. The molecule has 0 saturated heterocycles. The lowest BCUT2D eigenvalue weighted by Crippen LogP contribution is -1.96. The number of fused-ring (bicyclic) bond motifs is 1. The van der Waals surface area contributed by atoms with Crippen LogP contribution in [0.4, 0.5) is 0 Å². The smallest absolute Gasteiger partial charge is 0.214 e. The monoisotopic (exact) mass is 235 g/mol. The first kappa shape index (κ1) is 11.4. The zero-order chi connectivity index (χ0) is 11.7. The molecule has 0 aromatic carbocycles. The zero-order valence-electron chi connectivity index (χ0n) is 10.3. The Balaban J connectivity index is 2.68. The lowest BCUT2D eigenvalue weighted by Gasteiger charge is -2.05. The number of aromatic nitrogens is 1. The van der Waals surface area contributed by atoms with Crippen molar-refractivity contribution in [2.75, 3.05) is 6.61 Å². The van der Waals surface area contributed by atoms with E-state index in [9.17, 15) is 0 Å². The third-order valence-electron chi connectivity index (χ3n) is 2.84. The highest BCUT2D eigenvalue weighted by Crippen LogP contribution is 2.33. The van der Waals surface area contributed by atoms with Gasteiger partial charge in [0.1, 0.15) is 0 Å². The van der Waals surface area contributed by atoms with E-state index in [1.165, 1.54) is 20.7 Å². The van der Waals surface area contributed by atoms with Crippen LogP contribution in [-0.2, 0) is 6.42 Å². The minimum Gasteiger partial charge on any atom is -0.478 e. The second kappa shape index (κ2) is 4.42. The fraction of sp³-hybridized carbons (Fsp3) is 0.462. The van der Waals surface area contributed by atoms with Gasteiger partial charge in [0.05, 0.1) is 16.8 Å². The molecule has 2 aromatic heterocycles. The van der Waals surface area contributed by atoms with Crippen LogP contribution in [0, 0.1) is 13.8 Å². The summed E-state index contributed by atoms with van der Waals surface area (Å²) < 4.78 is 6.83. The first-order valence-electron chi connectivity index (χ1n) is 5.69. The molecule has 0 N–H and O–H groups in total. The molecule has 0 radical (unpaired) electrons. The highest BCUT2D eigenvalue weighted by Gasteiger charge is 2.12. The molecule has 0 aliphatic heterocycles. The summed E-state index contributed by atoms with van der Waals surface area (Å²) in [6, 6.07) is 2.07. The number of thiophene rings is 1. The number of ether oxygens (including phenoxy) is 1. The Hall–Kier alpha value is -1.09. The molecule has 0 unspecified atom stereocenters. The second-order valence-electron chi connectivity index (χ2n) is 3.87. The van der Waals surface area contributed by atoms with Crippen LogP contribution in [0.5, 0.6) is 5.88 Å². The molecule has 0 amide bonds. The standard InChI is InChI=1S/C13H17NOS/c1-5-10-7-11(15-6-2)14-12-8(3)9(4)16-13(10)12/h7H,5-6H2,1-4H3. The fourth-order valence-corrected chi connectivity index (χ4v) is 2.99. The third kappa shape index (κ3) is 1.80. The molecule has 0 aliphatic rings. The van der Waals surface area contributed by atoms with E-state index in [0.29, 0.717) is 6.61 Å². The van der Waals surface area contributed by atoms with Crippen LogP contribution in [0.25, 0.3) is 10.2 Å². The average Bonchev–Trinajstić information content (AvgIpc) is 2.56. The van der Waals surface area contributed by atoms with Gasteiger partial charge in [-0.1, -0.05) is 6.92 Å². The number of hydrogen-bond acceptors (Lipinski definition) is 3. The van der Waals surface area contributed by atoms with Gasteiger partial charge in [-0.05, 0) is 38.3 Å². The topological polar surface area (TPSA) is 22.1 Å². The van der Waals surface area contributed by atoms with E-state index in [4.69, 9.17) is 4.74 Å². The summed E-state index contributed by atoms with van der Waals surface area (Å²) in [4.78, 5) is 5.93. The SMILES string of the molecule is CCOc1cc(CC)c2sc(C)c(C)c2n1. The van der Waals surface area contributed by atoms with Crippen LogP contribution >= 0.6 is 11.3 Å². The maximum Gasteiger partial charge on any atom is 0.214 e. The third-order valence-corrected chi connectivity index (χ3v) is 4.11. The molecule has 16 heavy (non-hydrogen) atoms. The van der Waals surface area contributed by atoms with Crippen LogP contribution in [0.15, 0.2) is 6.07 Å². The molecule has 2 rings (SSSR count). The summed E-state index contributed by atoms with van der Waals surface area (Å²) in [5.74, 6) is 0.757. The first-order valence-corrected chi connectivity index (χ1v) is 6.51. The molecule has 2 nitrogen and oxygen atoms in total. The summed E-state index contributed by atoms with van der Waals surface area (Å²) >= 11 is 1.84. The van der Waals surface area contributed by atoms with E-state index >= 15 is 0 Å². The van der Waals surface area contributed by atoms with Crippen molar-refractivity contribution in [2.24, 2.45) is 0 Å². The Kier molecular flexibility index (Phi) is 3.15. The molecule has 0 atom stereocenters. The lowest BCUT2D eigenvalue weighted by atomic mass is 10.1. The second-order valence-corrected chi connectivity index (χ2v) is 5.09. The van der Waals surface area contributed by atoms with Crippen molar-refractivity contribution in [1.29, 1.82) is 0 Å². The summed E-state index contributed by atoms with van der Waals surface area (Å²) in [7, 11) is 0. The highest BCUT2D eigenvalue weighted by molar-refractivity contribution is 7.19. The Morgan fingerprint density at radius 2 is 2.06 bits per heavy atom. The molecule has 0 fully saturated rings. The maximum absolute atomic E-state index is 5.51. The number of aryl methyl sites for hydroxylation is 3. The van der Waals surface area contributed by atoms with Gasteiger partial charge in [-0.2, -0.15) is 0 Å². The molecule has 3 heteroatoms. The zero-order valence-corrected chi connectivity index (χ0v) is 11.1. The molecular weight excluding hydrogens is 218 g/mol. The van der Waals surface area contributed by atoms with Crippen LogP contribution in [0.3, 0.4) is 0 Å². The Labute approximate surface area is 100 Å². The van der Waals surface area contributed by atoms with Gasteiger partial charge < -0.3 is 4.74 Å². The van der Waals surface area contributed by atoms with Gasteiger partial charge in [-0.15, -0.1) is 11.3 Å². The number of pyridine rings is 1. The van der Waals surface area contributed by atoms with Crippen molar-refractivity contribution < 1.29 is 4.74 Å². The Morgan fingerprint density at radius 1 is 1.31 bits per heavy atom.